The van der Waals surface area contributed by atoms with Gasteiger partial charge in [-0.1, -0.05) is 66.2 Å². The summed E-state index contributed by atoms with van der Waals surface area (Å²) in [5.41, 5.74) is 11.6. The number of carbonyl (C=O) groups is 5. The molecule has 5 amide bonds. The summed E-state index contributed by atoms with van der Waals surface area (Å²) in [6.45, 7) is 10.1. The van der Waals surface area contributed by atoms with Gasteiger partial charge in [-0.3, -0.25) is 28.9 Å². The van der Waals surface area contributed by atoms with Gasteiger partial charge >= 0.3 is 0 Å². The number of hydrogen-bond donors (Lipinski definition) is 6. The van der Waals surface area contributed by atoms with Gasteiger partial charge in [0.2, 0.25) is 29.5 Å². The van der Waals surface area contributed by atoms with Crippen LogP contribution in [0.2, 0.25) is 0 Å². The highest BCUT2D eigenvalue weighted by molar-refractivity contribution is 5.96. The zero-order chi connectivity index (χ0) is 37.8. The van der Waals surface area contributed by atoms with Crippen LogP contribution in [0.1, 0.15) is 111 Å². The topological polar surface area (TPSA) is 201 Å². The summed E-state index contributed by atoms with van der Waals surface area (Å²) in [5.74, 6) is -2.13. The van der Waals surface area contributed by atoms with E-state index in [2.05, 4.69) is 40.0 Å². The molecule has 0 spiro atoms. The molecule has 0 aromatic heterocycles. The molecule has 1 saturated carbocycles. The molecule has 1 saturated heterocycles. The molecule has 2 rings (SSSR count). The van der Waals surface area contributed by atoms with Crippen molar-refractivity contribution in [1.29, 1.82) is 0 Å². The number of nitrogens with two attached hydrogens (primary N) is 2. The number of carbonyl (C=O) groups excluding carboxylic acids is 5. The molecule has 1 unspecified atom stereocenters. The van der Waals surface area contributed by atoms with E-state index in [1.54, 1.807) is 11.9 Å². The van der Waals surface area contributed by atoms with Gasteiger partial charge in [-0.25, -0.2) is 0 Å². The minimum atomic E-state index is -1.15. The van der Waals surface area contributed by atoms with E-state index >= 15 is 0 Å². The molecule has 0 bridgehead atoms. The molecule has 1 aliphatic heterocycles. The summed E-state index contributed by atoms with van der Waals surface area (Å²) in [6.07, 6.45) is 10.4. The van der Waals surface area contributed by atoms with Gasteiger partial charge in [0.15, 0.2) is 0 Å². The molecule has 294 valence electrons. The largest absolute Gasteiger partial charge is 0.379 e. The lowest BCUT2D eigenvalue weighted by Crippen LogP contribution is -2.62. The number of amides is 5. The highest BCUT2D eigenvalue weighted by atomic mass is 16.5. The lowest BCUT2D eigenvalue weighted by atomic mass is 9.83. The normalized spacial score (nSPS) is 25.9. The Morgan fingerprint density at radius 1 is 0.804 bits per heavy atom. The molecule has 1 aliphatic carbocycles. The van der Waals surface area contributed by atoms with Crippen LogP contribution in [0.4, 0.5) is 0 Å². The van der Waals surface area contributed by atoms with Crippen molar-refractivity contribution in [3.8, 4) is 0 Å². The first-order valence-electron chi connectivity index (χ1n) is 19.7. The minimum absolute atomic E-state index is 0.0761. The van der Waals surface area contributed by atoms with Gasteiger partial charge in [-0.05, 0) is 69.9 Å². The second-order valence-corrected chi connectivity index (χ2v) is 14.7. The first-order chi connectivity index (χ1) is 24.5. The van der Waals surface area contributed by atoms with E-state index in [4.69, 9.17) is 16.2 Å². The van der Waals surface area contributed by atoms with Crippen molar-refractivity contribution >= 4 is 29.5 Å². The Hall–Kier alpha value is -2.81. The molecule has 0 radical (unpaired) electrons. The smallest absolute Gasteiger partial charge is 0.245 e. The Morgan fingerprint density at radius 2 is 1.49 bits per heavy atom. The van der Waals surface area contributed by atoms with Crippen LogP contribution in [0.15, 0.2) is 0 Å². The molecule has 51 heavy (non-hydrogen) atoms. The van der Waals surface area contributed by atoms with Gasteiger partial charge in [0.1, 0.15) is 24.2 Å². The van der Waals surface area contributed by atoms with Crippen LogP contribution in [0.5, 0.6) is 0 Å². The predicted molar refractivity (Wildman–Crippen MR) is 199 cm³/mol. The quantitative estimate of drug-likeness (QED) is 0.127. The summed E-state index contributed by atoms with van der Waals surface area (Å²) in [7, 11) is 1.69. The van der Waals surface area contributed by atoms with Crippen LogP contribution in [0.25, 0.3) is 0 Å². The van der Waals surface area contributed by atoms with Crippen LogP contribution < -0.4 is 32.7 Å². The summed E-state index contributed by atoms with van der Waals surface area (Å²) >= 11 is 0. The number of rotatable bonds is 16. The van der Waals surface area contributed by atoms with E-state index in [9.17, 15) is 24.0 Å². The van der Waals surface area contributed by atoms with Crippen molar-refractivity contribution in [1.82, 2.24) is 31.1 Å². The van der Waals surface area contributed by atoms with E-state index < -0.39 is 47.9 Å². The fraction of sp³-hybridized carbons (Fsp3) is 0.865. The average molecular weight is 723 g/mol. The SMILES string of the molecule is CCCC[C@H]1C(=O)N(C)[C@@H](CC(C)C)C(=O)NC(C2CCCCC2)C(=O)N[C@@H](CN)C(=O)N[C@@H](COCCCCN)C(=O)NCCN1CCCC. The van der Waals surface area contributed by atoms with Crippen molar-refractivity contribution in [2.45, 2.75) is 141 Å². The highest BCUT2D eigenvalue weighted by Crippen LogP contribution is 2.27. The number of ether oxygens (including phenoxy) is 1. The number of hydrogen-bond acceptors (Lipinski definition) is 9. The molecular weight excluding hydrogens is 652 g/mol. The lowest BCUT2D eigenvalue weighted by molar-refractivity contribution is -0.145. The minimum Gasteiger partial charge on any atom is -0.379 e. The first-order valence-corrected chi connectivity index (χ1v) is 19.7. The van der Waals surface area contributed by atoms with E-state index in [1.807, 2.05) is 13.8 Å². The van der Waals surface area contributed by atoms with E-state index in [0.717, 1.165) is 64.2 Å². The molecule has 5 atom stereocenters. The maximum Gasteiger partial charge on any atom is 0.245 e. The van der Waals surface area contributed by atoms with Crippen molar-refractivity contribution in [2.24, 2.45) is 23.3 Å². The van der Waals surface area contributed by atoms with Crippen LogP contribution >= 0.6 is 0 Å². The second-order valence-electron chi connectivity index (χ2n) is 14.7. The Kier molecular flexibility index (Phi) is 21.2. The van der Waals surface area contributed by atoms with Crippen molar-refractivity contribution < 1.29 is 28.7 Å². The van der Waals surface area contributed by atoms with Crippen molar-refractivity contribution in [3.05, 3.63) is 0 Å². The first kappa shape index (κ1) is 44.4. The highest BCUT2D eigenvalue weighted by Gasteiger charge is 2.39. The molecule has 8 N–H and O–H groups in total. The zero-order valence-electron chi connectivity index (χ0n) is 32.2. The van der Waals surface area contributed by atoms with Crippen LogP contribution in [0.3, 0.4) is 0 Å². The molecule has 0 aromatic rings. The molecule has 2 aliphatic rings. The monoisotopic (exact) mass is 723 g/mol. The lowest BCUT2D eigenvalue weighted by Gasteiger charge is -2.38. The third-order valence-corrected chi connectivity index (χ3v) is 10.1. The van der Waals surface area contributed by atoms with Crippen LogP contribution in [0, 0.1) is 11.8 Å². The molecule has 14 nitrogen and oxygen atoms in total. The third-order valence-electron chi connectivity index (χ3n) is 10.1. The molecular formula is C37H70N8O6. The number of nitrogens with zero attached hydrogens (tertiary/aromatic N) is 2. The maximum atomic E-state index is 14.5. The van der Waals surface area contributed by atoms with Gasteiger partial charge in [0.25, 0.3) is 0 Å². The van der Waals surface area contributed by atoms with E-state index in [0.29, 0.717) is 45.5 Å². The molecule has 1 heterocycles. The molecule has 0 aromatic carbocycles. The fourth-order valence-corrected chi connectivity index (χ4v) is 6.98. The summed E-state index contributed by atoms with van der Waals surface area (Å²) in [5, 5.41) is 11.5. The number of likely N-dealkylation sites (N-methyl/N-ethyl adjacent to an activating group) is 1. The zero-order valence-corrected chi connectivity index (χ0v) is 32.2. The second kappa shape index (κ2) is 24.4. The van der Waals surface area contributed by atoms with Gasteiger partial charge in [0.05, 0.1) is 12.6 Å². The van der Waals surface area contributed by atoms with Crippen molar-refractivity contribution in [3.63, 3.8) is 0 Å². The van der Waals surface area contributed by atoms with E-state index in [1.165, 1.54) is 0 Å². The van der Waals surface area contributed by atoms with Crippen molar-refractivity contribution in [2.75, 3.05) is 53.0 Å². The summed E-state index contributed by atoms with van der Waals surface area (Å²) in [4.78, 5) is 73.6. The fourth-order valence-electron chi connectivity index (χ4n) is 6.98. The Labute approximate surface area is 306 Å². The van der Waals surface area contributed by atoms with Crippen LogP contribution in [-0.4, -0.2) is 123 Å². The van der Waals surface area contributed by atoms with Gasteiger partial charge in [-0.2, -0.15) is 0 Å². The number of nitrogens with one attached hydrogen (secondary N) is 4. The van der Waals surface area contributed by atoms with Crippen LogP contribution in [-0.2, 0) is 28.7 Å². The molecule has 14 heteroatoms. The maximum absolute atomic E-state index is 14.5. The van der Waals surface area contributed by atoms with Gasteiger partial charge in [-0.15, -0.1) is 0 Å². The standard InChI is InChI=1S/C37H70N8O6/c1-6-8-17-30-37(50)44(5)31(23-26(3)4)35(48)43-32(27-15-11-10-12-16-27)36(49)41-28(24-39)34(47)42-29(25-51-22-14-13-18-38)33(46)40-19-21-45(30)20-9-7-2/h26-32H,6-25,38-39H2,1-5H3,(H,40,46)(H,41,49)(H,42,47)(H,43,48)/t28-,29-,30-,31-,32?/m0/s1. The van der Waals surface area contributed by atoms with Gasteiger partial charge in [0, 0.05) is 33.3 Å². The molecule has 2 fully saturated rings. The Bertz CT molecular complexity index is 1070. The summed E-state index contributed by atoms with van der Waals surface area (Å²) < 4.78 is 5.77. The Balaban J connectivity index is 2.58. The third kappa shape index (κ3) is 15.0. The number of unbranched alkanes of at least 4 members (excludes halogenated alkanes) is 3. The predicted octanol–water partition coefficient (Wildman–Crippen LogP) is 1.40. The average Bonchev–Trinajstić information content (AvgIpc) is 3.12. The van der Waals surface area contributed by atoms with Gasteiger partial charge < -0.3 is 42.4 Å². The van der Waals surface area contributed by atoms with E-state index in [-0.39, 0.29) is 43.3 Å². The Morgan fingerprint density at radius 3 is 2.12 bits per heavy atom. The summed E-state index contributed by atoms with van der Waals surface area (Å²) in [6, 6.07) is -4.40.